The summed E-state index contributed by atoms with van der Waals surface area (Å²) in [7, 11) is 1.97. The normalized spacial score (nSPS) is 32.7. The van der Waals surface area contributed by atoms with Crippen LogP contribution >= 0.6 is 0 Å². The van der Waals surface area contributed by atoms with Crippen LogP contribution in [0.15, 0.2) is 24.5 Å². The quantitative estimate of drug-likeness (QED) is 0.734. The molecule has 4 bridgehead atoms. The van der Waals surface area contributed by atoms with E-state index in [1.807, 2.05) is 23.9 Å². The molecule has 0 spiro atoms. The highest BCUT2D eigenvalue weighted by Gasteiger charge is 2.48. The summed E-state index contributed by atoms with van der Waals surface area (Å²) in [5.41, 5.74) is 4.03. The number of carbonyl (C=O) groups excluding carboxylic acids is 1. The molecular formula is C26H35N5O. The zero-order valence-electron chi connectivity index (χ0n) is 19.1. The fourth-order valence-electron chi connectivity index (χ4n) is 7.59. The minimum absolute atomic E-state index is 0.0691. The Morgan fingerprint density at radius 1 is 1.09 bits per heavy atom. The van der Waals surface area contributed by atoms with E-state index in [4.69, 9.17) is 0 Å². The number of hydrogen-bond acceptors (Lipinski definition) is 4. The third-order valence-electron chi connectivity index (χ3n) is 8.94. The Kier molecular flexibility index (Phi) is 5.28. The molecule has 7 rings (SSSR count). The fourth-order valence-corrected chi connectivity index (χ4v) is 7.59. The first-order valence-electron chi connectivity index (χ1n) is 12.6. The molecule has 2 heterocycles. The predicted molar refractivity (Wildman–Crippen MR) is 123 cm³/mol. The molecule has 0 saturated heterocycles. The Balaban J connectivity index is 1.10. The predicted octanol–water partition coefficient (Wildman–Crippen LogP) is 3.26. The number of nitrogens with one attached hydrogen (secondary N) is 2. The number of hydrogen-bond donors (Lipinski definition) is 2. The van der Waals surface area contributed by atoms with Crippen molar-refractivity contribution in [3.63, 3.8) is 0 Å². The summed E-state index contributed by atoms with van der Waals surface area (Å²) < 4.78 is 1.92. The topological polar surface area (TPSA) is 71.8 Å². The van der Waals surface area contributed by atoms with Crippen LogP contribution in [0, 0.1) is 29.6 Å². The van der Waals surface area contributed by atoms with E-state index in [0.717, 1.165) is 60.0 Å². The summed E-state index contributed by atoms with van der Waals surface area (Å²) in [6.07, 6.45) is 14.0. The summed E-state index contributed by atoms with van der Waals surface area (Å²) in [4.78, 5) is 17.0. The first-order chi connectivity index (χ1) is 15.6. The maximum absolute atomic E-state index is 13.0. The van der Waals surface area contributed by atoms with Gasteiger partial charge in [-0.25, -0.2) is 0 Å². The molecule has 2 aromatic heterocycles. The van der Waals surface area contributed by atoms with Gasteiger partial charge < -0.3 is 10.6 Å². The van der Waals surface area contributed by atoms with Crippen LogP contribution in [0.25, 0.3) is 0 Å². The number of aromatic nitrogens is 3. The van der Waals surface area contributed by atoms with E-state index in [1.165, 1.54) is 44.3 Å². The van der Waals surface area contributed by atoms with Crippen LogP contribution in [0.2, 0.25) is 0 Å². The van der Waals surface area contributed by atoms with E-state index in [0.29, 0.717) is 18.3 Å². The number of amides is 1. The average Bonchev–Trinajstić information content (AvgIpc) is 3.13. The number of fused-ring (bicyclic) bond motifs is 1. The first-order valence-corrected chi connectivity index (χ1v) is 12.6. The second-order valence-corrected chi connectivity index (χ2v) is 10.9. The molecular weight excluding hydrogens is 398 g/mol. The van der Waals surface area contributed by atoms with Crippen molar-refractivity contribution < 1.29 is 4.79 Å². The molecule has 6 nitrogen and oxygen atoms in total. The minimum atomic E-state index is -0.0691. The van der Waals surface area contributed by atoms with Gasteiger partial charge in [0.05, 0.1) is 0 Å². The lowest BCUT2D eigenvalue weighted by atomic mass is 9.52. The fraction of sp³-hybridized carbons (Fsp3) is 0.654. The van der Waals surface area contributed by atoms with E-state index < -0.39 is 0 Å². The number of aryl methyl sites for hydroxylation is 1. The van der Waals surface area contributed by atoms with Crippen molar-refractivity contribution in [3.05, 3.63) is 47.0 Å². The maximum Gasteiger partial charge on any atom is 0.272 e. The van der Waals surface area contributed by atoms with E-state index in [2.05, 4.69) is 20.7 Å². The van der Waals surface area contributed by atoms with Crippen LogP contribution in [-0.4, -0.2) is 33.3 Å². The summed E-state index contributed by atoms with van der Waals surface area (Å²) in [6, 6.07) is 4.31. The van der Waals surface area contributed by atoms with Crippen molar-refractivity contribution >= 4 is 5.91 Å². The van der Waals surface area contributed by atoms with Crippen molar-refractivity contribution in [2.45, 2.75) is 64.0 Å². The minimum Gasteiger partial charge on any atom is -0.347 e. The highest BCUT2D eigenvalue weighted by molar-refractivity contribution is 5.94. The average molecular weight is 434 g/mol. The standard InChI is InChI=1S/C26H35N5O/c1-31-24-3-2-21(28-15-23-19-9-17-8-18(11-19)12-20(23)10-17)13-22(24)25(30-31)26(32)29-14-16-4-6-27-7-5-16/h4-7,17-21,23,28H,2-3,8-15H2,1H3,(H,29,32). The van der Waals surface area contributed by atoms with Gasteiger partial charge in [-0.3, -0.25) is 14.5 Å². The molecule has 5 aliphatic rings. The Labute approximate surface area is 190 Å². The third-order valence-corrected chi connectivity index (χ3v) is 8.94. The number of nitrogens with zero attached hydrogens (tertiary/aromatic N) is 3. The van der Waals surface area contributed by atoms with Crippen molar-refractivity contribution in [1.29, 1.82) is 0 Å². The van der Waals surface area contributed by atoms with Gasteiger partial charge in [0.25, 0.3) is 5.91 Å². The second-order valence-electron chi connectivity index (χ2n) is 10.9. The van der Waals surface area contributed by atoms with Crippen LogP contribution in [0.4, 0.5) is 0 Å². The Hall–Kier alpha value is -2.21. The van der Waals surface area contributed by atoms with E-state index in [9.17, 15) is 4.79 Å². The van der Waals surface area contributed by atoms with Crippen molar-refractivity contribution in [2.75, 3.05) is 6.54 Å². The monoisotopic (exact) mass is 433 g/mol. The molecule has 2 aromatic rings. The van der Waals surface area contributed by atoms with Gasteiger partial charge in [0, 0.05) is 43.3 Å². The lowest BCUT2D eigenvalue weighted by molar-refractivity contribution is -0.0364. The van der Waals surface area contributed by atoms with E-state index in [-0.39, 0.29) is 5.91 Å². The van der Waals surface area contributed by atoms with Gasteiger partial charge in [-0.05, 0) is 105 Å². The highest BCUT2D eigenvalue weighted by atomic mass is 16.1. The lowest BCUT2D eigenvalue weighted by Gasteiger charge is -2.54. The molecule has 1 amide bonds. The molecule has 2 N–H and O–H groups in total. The summed E-state index contributed by atoms with van der Waals surface area (Å²) in [6.45, 7) is 1.67. The Morgan fingerprint density at radius 2 is 1.81 bits per heavy atom. The molecule has 1 unspecified atom stereocenters. The molecule has 6 heteroatoms. The third kappa shape index (κ3) is 3.76. The molecule has 1 atom stereocenters. The largest absolute Gasteiger partial charge is 0.347 e. The summed E-state index contributed by atoms with van der Waals surface area (Å²) >= 11 is 0. The van der Waals surface area contributed by atoms with Gasteiger partial charge in [-0.2, -0.15) is 5.10 Å². The first kappa shape index (κ1) is 20.4. The smallest absolute Gasteiger partial charge is 0.272 e. The van der Waals surface area contributed by atoms with Gasteiger partial charge in [-0.1, -0.05) is 0 Å². The van der Waals surface area contributed by atoms with Gasteiger partial charge in [0.2, 0.25) is 0 Å². The van der Waals surface area contributed by atoms with Gasteiger partial charge in [0.1, 0.15) is 0 Å². The van der Waals surface area contributed by atoms with Crippen molar-refractivity contribution in [3.8, 4) is 0 Å². The zero-order chi connectivity index (χ0) is 21.7. The van der Waals surface area contributed by atoms with Crippen LogP contribution in [0.1, 0.15) is 65.8 Å². The molecule has 4 saturated carbocycles. The molecule has 5 aliphatic carbocycles. The maximum atomic E-state index is 13.0. The van der Waals surface area contributed by atoms with Crippen LogP contribution in [-0.2, 0) is 26.4 Å². The Bertz CT molecular complexity index is 956. The summed E-state index contributed by atoms with van der Waals surface area (Å²) in [5, 5.41) is 11.6. The SMILES string of the molecule is Cn1nc(C(=O)NCc2ccncc2)c2c1CCC(NCC1C3CC4CC(C3)CC1C4)C2. The van der Waals surface area contributed by atoms with Gasteiger partial charge in [-0.15, -0.1) is 0 Å². The van der Waals surface area contributed by atoms with Crippen LogP contribution in [0.3, 0.4) is 0 Å². The number of carbonyl (C=O) groups is 1. The Morgan fingerprint density at radius 3 is 2.53 bits per heavy atom. The van der Waals surface area contributed by atoms with Crippen LogP contribution in [0.5, 0.6) is 0 Å². The van der Waals surface area contributed by atoms with Gasteiger partial charge >= 0.3 is 0 Å². The molecule has 4 fully saturated rings. The molecule has 170 valence electrons. The van der Waals surface area contributed by atoms with Crippen LogP contribution < -0.4 is 10.6 Å². The molecule has 0 aromatic carbocycles. The van der Waals surface area contributed by atoms with E-state index in [1.54, 1.807) is 12.4 Å². The van der Waals surface area contributed by atoms with Crippen molar-refractivity contribution in [1.82, 2.24) is 25.4 Å². The second kappa shape index (κ2) is 8.29. The van der Waals surface area contributed by atoms with E-state index >= 15 is 0 Å². The number of rotatable bonds is 6. The molecule has 0 radical (unpaired) electrons. The van der Waals surface area contributed by atoms with Gasteiger partial charge in [0.15, 0.2) is 5.69 Å². The van der Waals surface area contributed by atoms with Crippen molar-refractivity contribution in [2.24, 2.45) is 36.6 Å². The zero-order valence-corrected chi connectivity index (χ0v) is 19.1. The highest BCUT2D eigenvalue weighted by Crippen LogP contribution is 2.56. The number of pyridine rings is 1. The molecule has 32 heavy (non-hydrogen) atoms. The lowest BCUT2D eigenvalue weighted by Crippen LogP contribution is -2.50. The molecule has 0 aliphatic heterocycles. The summed E-state index contributed by atoms with van der Waals surface area (Å²) in [5.74, 6) is 4.81.